The molecule has 1 saturated heterocycles. The van der Waals surface area contributed by atoms with Gasteiger partial charge in [0, 0.05) is 57.1 Å². The summed E-state index contributed by atoms with van der Waals surface area (Å²) in [5, 5.41) is 4.69. The minimum atomic E-state index is -0.0435. The predicted molar refractivity (Wildman–Crippen MR) is 110 cm³/mol. The molecule has 4 heterocycles. The molecule has 2 aromatic heterocycles. The zero-order valence-electron chi connectivity index (χ0n) is 16.9. The molecule has 3 aromatic rings. The number of hydrogen-bond donors (Lipinski definition) is 0. The van der Waals surface area contributed by atoms with E-state index in [9.17, 15) is 4.79 Å². The lowest BCUT2D eigenvalue weighted by Crippen LogP contribution is -2.48. The summed E-state index contributed by atoms with van der Waals surface area (Å²) in [4.78, 5) is 16.7. The van der Waals surface area contributed by atoms with Crippen molar-refractivity contribution in [2.45, 2.75) is 6.54 Å². The minimum absolute atomic E-state index is 0.0435. The Kier molecular flexibility index (Phi) is 4.92. The van der Waals surface area contributed by atoms with Gasteiger partial charge in [0.1, 0.15) is 13.2 Å². The third kappa shape index (κ3) is 3.66. The second kappa shape index (κ2) is 7.87. The molecule has 156 valence electrons. The summed E-state index contributed by atoms with van der Waals surface area (Å²) in [6.07, 6.45) is 3.60. The van der Waals surface area contributed by atoms with E-state index in [0.29, 0.717) is 32.1 Å². The van der Waals surface area contributed by atoms with Gasteiger partial charge >= 0.3 is 0 Å². The summed E-state index contributed by atoms with van der Waals surface area (Å²) in [6, 6.07) is 9.43. The van der Waals surface area contributed by atoms with Gasteiger partial charge in [-0.25, -0.2) is 0 Å². The molecule has 0 radical (unpaired) electrons. The fraction of sp³-hybridized carbons (Fsp3) is 0.364. The maximum atomic E-state index is 12.5. The Morgan fingerprint density at radius 2 is 1.87 bits per heavy atom. The molecule has 2 aliphatic rings. The lowest BCUT2D eigenvalue weighted by Gasteiger charge is -2.34. The van der Waals surface area contributed by atoms with Crippen LogP contribution in [0.15, 0.2) is 47.2 Å². The maximum Gasteiger partial charge on any atom is 0.289 e. The summed E-state index contributed by atoms with van der Waals surface area (Å²) in [5.74, 6) is 1.90. The molecule has 30 heavy (non-hydrogen) atoms. The normalized spacial score (nSPS) is 16.6. The summed E-state index contributed by atoms with van der Waals surface area (Å²) in [5.41, 5.74) is 3.12. The number of furan rings is 1. The van der Waals surface area contributed by atoms with Crippen molar-refractivity contribution >= 4 is 5.91 Å². The SMILES string of the molecule is Cn1cc(CN2CCN(C(=O)c3ccco3)CC2)c(-c2ccc3c(c2)OCCO3)n1. The van der Waals surface area contributed by atoms with Crippen molar-refractivity contribution in [3.63, 3.8) is 0 Å². The smallest absolute Gasteiger partial charge is 0.289 e. The molecule has 0 bridgehead atoms. The third-order valence-electron chi connectivity index (χ3n) is 5.51. The Bertz CT molecular complexity index is 1040. The fourth-order valence-corrected chi connectivity index (χ4v) is 3.99. The molecule has 0 aliphatic carbocycles. The van der Waals surface area contributed by atoms with E-state index in [2.05, 4.69) is 16.2 Å². The van der Waals surface area contributed by atoms with Crippen LogP contribution in [-0.2, 0) is 13.6 Å². The molecule has 8 heteroatoms. The number of aryl methyl sites for hydroxylation is 1. The van der Waals surface area contributed by atoms with Crippen LogP contribution in [0.25, 0.3) is 11.3 Å². The number of amides is 1. The molecule has 2 aliphatic heterocycles. The van der Waals surface area contributed by atoms with Crippen LogP contribution >= 0.6 is 0 Å². The van der Waals surface area contributed by atoms with Gasteiger partial charge < -0.3 is 18.8 Å². The molecule has 0 atom stereocenters. The number of rotatable bonds is 4. The van der Waals surface area contributed by atoms with Gasteiger partial charge in [0.25, 0.3) is 5.91 Å². The van der Waals surface area contributed by atoms with E-state index in [0.717, 1.165) is 48.0 Å². The Hall–Kier alpha value is -3.26. The first-order chi connectivity index (χ1) is 14.7. The van der Waals surface area contributed by atoms with Gasteiger partial charge in [-0.1, -0.05) is 0 Å². The van der Waals surface area contributed by atoms with E-state index in [1.807, 2.05) is 34.8 Å². The first-order valence-electron chi connectivity index (χ1n) is 10.1. The number of carbonyl (C=O) groups excluding carboxylic acids is 1. The monoisotopic (exact) mass is 408 g/mol. The topological polar surface area (TPSA) is 73.0 Å². The maximum absolute atomic E-state index is 12.5. The van der Waals surface area contributed by atoms with Crippen LogP contribution in [-0.4, -0.2) is 64.9 Å². The zero-order chi connectivity index (χ0) is 20.5. The van der Waals surface area contributed by atoms with Crippen LogP contribution in [0.5, 0.6) is 11.5 Å². The zero-order valence-corrected chi connectivity index (χ0v) is 16.9. The molecule has 0 saturated carbocycles. The number of carbonyl (C=O) groups is 1. The molecule has 0 unspecified atom stereocenters. The number of ether oxygens (including phenoxy) is 2. The van der Waals surface area contributed by atoms with Gasteiger partial charge in [-0.3, -0.25) is 14.4 Å². The predicted octanol–water partition coefficient (Wildman–Crippen LogP) is 2.41. The van der Waals surface area contributed by atoms with Crippen LogP contribution < -0.4 is 9.47 Å². The molecule has 1 fully saturated rings. The van der Waals surface area contributed by atoms with Crippen molar-refractivity contribution in [1.29, 1.82) is 0 Å². The van der Waals surface area contributed by atoms with Crippen molar-refractivity contribution in [3.8, 4) is 22.8 Å². The number of nitrogens with zero attached hydrogens (tertiary/aromatic N) is 4. The van der Waals surface area contributed by atoms with Crippen LogP contribution in [0.2, 0.25) is 0 Å². The Morgan fingerprint density at radius 3 is 2.63 bits per heavy atom. The van der Waals surface area contributed by atoms with Crippen LogP contribution in [0, 0.1) is 0 Å². The van der Waals surface area contributed by atoms with Crippen molar-refractivity contribution in [2.75, 3.05) is 39.4 Å². The molecule has 1 aromatic carbocycles. The molecule has 5 rings (SSSR count). The highest BCUT2D eigenvalue weighted by Crippen LogP contribution is 2.35. The Morgan fingerprint density at radius 1 is 1.07 bits per heavy atom. The fourth-order valence-electron chi connectivity index (χ4n) is 3.99. The van der Waals surface area contributed by atoms with Crippen LogP contribution in [0.4, 0.5) is 0 Å². The summed E-state index contributed by atoms with van der Waals surface area (Å²) in [6.45, 7) is 4.89. The van der Waals surface area contributed by atoms with Crippen molar-refractivity contribution < 1.29 is 18.7 Å². The number of piperazine rings is 1. The molecular weight excluding hydrogens is 384 g/mol. The van der Waals surface area contributed by atoms with Crippen molar-refractivity contribution in [3.05, 3.63) is 54.1 Å². The van der Waals surface area contributed by atoms with E-state index in [4.69, 9.17) is 13.9 Å². The number of fused-ring (bicyclic) bond motifs is 1. The average molecular weight is 408 g/mol. The van der Waals surface area contributed by atoms with E-state index in [1.54, 1.807) is 12.1 Å². The second-order valence-electron chi connectivity index (χ2n) is 7.58. The number of aromatic nitrogens is 2. The van der Waals surface area contributed by atoms with E-state index >= 15 is 0 Å². The quantitative estimate of drug-likeness (QED) is 0.660. The van der Waals surface area contributed by atoms with Gasteiger partial charge in [-0.05, 0) is 30.3 Å². The molecule has 0 N–H and O–H groups in total. The average Bonchev–Trinajstić information content (AvgIpc) is 3.43. The molecule has 8 nitrogen and oxygen atoms in total. The first kappa shape index (κ1) is 18.7. The third-order valence-corrected chi connectivity index (χ3v) is 5.51. The number of benzene rings is 1. The standard InChI is InChI=1S/C22H24N4O4/c1-24-14-17(21(23-24)16-4-5-18-20(13-16)30-12-11-29-18)15-25-6-8-26(9-7-25)22(27)19-3-2-10-28-19/h2-5,10,13-14H,6-9,11-12,15H2,1H3. The van der Waals surface area contributed by atoms with Crippen LogP contribution in [0.1, 0.15) is 16.1 Å². The summed E-state index contributed by atoms with van der Waals surface area (Å²) in [7, 11) is 1.94. The summed E-state index contributed by atoms with van der Waals surface area (Å²) >= 11 is 0. The van der Waals surface area contributed by atoms with Crippen LogP contribution in [0.3, 0.4) is 0 Å². The lowest BCUT2D eigenvalue weighted by atomic mass is 10.1. The van der Waals surface area contributed by atoms with Gasteiger partial charge in [-0.15, -0.1) is 0 Å². The largest absolute Gasteiger partial charge is 0.486 e. The first-order valence-corrected chi connectivity index (χ1v) is 10.1. The highest BCUT2D eigenvalue weighted by atomic mass is 16.6. The molecule has 0 spiro atoms. The van der Waals surface area contributed by atoms with E-state index in [-0.39, 0.29) is 5.91 Å². The molecule has 1 amide bonds. The van der Waals surface area contributed by atoms with Gasteiger partial charge in [-0.2, -0.15) is 5.10 Å². The van der Waals surface area contributed by atoms with Crippen molar-refractivity contribution in [2.24, 2.45) is 7.05 Å². The number of hydrogen-bond acceptors (Lipinski definition) is 6. The Balaban J connectivity index is 1.28. The summed E-state index contributed by atoms with van der Waals surface area (Å²) < 4.78 is 18.5. The van der Waals surface area contributed by atoms with Gasteiger partial charge in [0.05, 0.1) is 12.0 Å². The Labute approximate surface area is 174 Å². The van der Waals surface area contributed by atoms with E-state index in [1.165, 1.54) is 6.26 Å². The molecular formula is C22H24N4O4. The highest BCUT2D eigenvalue weighted by Gasteiger charge is 2.25. The minimum Gasteiger partial charge on any atom is -0.486 e. The highest BCUT2D eigenvalue weighted by molar-refractivity contribution is 5.91. The van der Waals surface area contributed by atoms with Gasteiger partial charge in [0.2, 0.25) is 0 Å². The lowest BCUT2D eigenvalue weighted by molar-refractivity contribution is 0.0598. The van der Waals surface area contributed by atoms with E-state index < -0.39 is 0 Å². The van der Waals surface area contributed by atoms with Crippen molar-refractivity contribution in [1.82, 2.24) is 19.6 Å². The second-order valence-corrected chi connectivity index (χ2v) is 7.58. The van der Waals surface area contributed by atoms with Gasteiger partial charge in [0.15, 0.2) is 17.3 Å².